The van der Waals surface area contributed by atoms with Crippen molar-refractivity contribution in [3.63, 3.8) is 0 Å². The van der Waals surface area contributed by atoms with Gasteiger partial charge in [0.25, 0.3) is 5.69 Å². The van der Waals surface area contributed by atoms with Crippen molar-refractivity contribution >= 4 is 28.4 Å². The van der Waals surface area contributed by atoms with Crippen molar-refractivity contribution in [3.8, 4) is 0 Å². The van der Waals surface area contributed by atoms with E-state index in [1.54, 1.807) is 6.07 Å². The molecule has 126 valence electrons. The van der Waals surface area contributed by atoms with Crippen LogP contribution in [-0.2, 0) is 9.53 Å². The van der Waals surface area contributed by atoms with Gasteiger partial charge < -0.3 is 9.64 Å². The van der Waals surface area contributed by atoms with Gasteiger partial charge in [0.1, 0.15) is 5.82 Å². The standard InChI is InChI=1S/C16H18N4O4/c1-24-16(21)11-18-6-8-19(9-7-18)15-5-2-12-10-13(20(22)23)3-4-14(12)17-15/h2-5,10H,6-9,11H2,1H3. The third-order valence-corrected chi connectivity index (χ3v) is 4.15. The summed E-state index contributed by atoms with van der Waals surface area (Å²) in [6.45, 7) is 3.36. The summed E-state index contributed by atoms with van der Waals surface area (Å²) in [6, 6.07) is 8.39. The van der Waals surface area contributed by atoms with Crippen molar-refractivity contribution in [2.24, 2.45) is 0 Å². The monoisotopic (exact) mass is 330 g/mol. The van der Waals surface area contributed by atoms with E-state index in [0.29, 0.717) is 6.54 Å². The molecule has 0 saturated carbocycles. The minimum Gasteiger partial charge on any atom is -0.468 e. The molecule has 0 aliphatic carbocycles. The van der Waals surface area contributed by atoms with Crippen molar-refractivity contribution in [3.05, 3.63) is 40.4 Å². The van der Waals surface area contributed by atoms with Gasteiger partial charge in [0.2, 0.25) is 0 Å². The van der Waals surface area contributed by atoms with Gasteiger partial charge in [-0.05, 0) is 18.2 Å². The van der Waals surface area contributed by atoms with Crippen LogP contribution in [0.5, 0.6) is 0 Å². The zero-order valence-electron chi connectivity index (χ0n) is 13.3. The largest absolute Gasteiger partial charge is 0.468 e. The van der Waals surface area contributed by atoms with Gasteiger partial charge in [0.05, 0.1) is 24.1 Å². The van der Waals surface area contributed by atoms with E-state index in [9.17, 15) is 14.9 Å². The predicted molar refractivity (Wildman–Crippen MR) is 89.1 cm³/mol. The SMILES string of the molecule is COC(=O)CN1CCN(c2ccc3cc([N+](=O)[O-])ccc3n2)CC1. The van der Waals surface area contributed by atoms with E-state index >= 15 is 0 Å². The number of carbonyl (C=O) groups is 1. The molecule has 1 aromatic carbocycles. The maximum atomic E-state index is 11.3. The Balaban J connectivity index is 1.71. The fraction of sp³-hybridized carbons (Fsp3) is 0.375. The topological polar surface area (TPSA) is 88.8 Å². The van der Waals surface area contributed by atoms with Crippen LogP contribution in [0, 0.1) is 10.1 Å². The van der Waals surface area contributed by atoms with Gasteiger partial charge in [-0.2, -0.15) is 0 Å². The lowest BCUT2D eigenvalue weighted by Gasteiger charge is -2.34. The van der Waals surface area contributed by atoms with Crippen LogP contribution in [0.1, 0.15) is 0 Å². The van der Waals surface area contributed by atoms with Gasteiger partial charge in [0, 0.05) is 43.7 Å². The van der Waals surface area contributed by atoms with Crippen molar-refractivity contribution < 1.29 is 14.5 Å². The second kappa shape index (κ2) is 6.79. The fourth-order valence-corrected chi connectivity index (χ4v) is 2.77. The zero-order chi connectivity index (χ0) is 17.1. The molecule has 1 fully saturated rings. The van der Waals surface area contributed by atoms with E-state index in [0.717, 1.165) is 42.9 Å². The number of nitrogens with zero attached hydrogens (tertiary/aromatic N) is 4. The second-order valence-electron chi connectivity index (χ2n) is 5.64. The minimum absolute atomic E-state index is 0.0634. The summed E-state index contributed by atoms with van der Waals surface area (Å²) in [7, 11) is 1.39. The molecule has 24 heavy (non-hydrogen) atoms. The van der Waals surface area contributed by atoms with Crippen molar-refractivity contribution in [1.82, 2.24) is 9.88 Å². The average molecular weight is 330 g/mol. The van der Waals surface area contributed by atoms with Gasteiger partial charge in [-0.1, -0.05) is 0 Å². The summed E-state index contributed by atoms with van der Waals surface area (Å²) in [5.41, 5.74) is 0.795. The van der Waals surface area contributed by atoms with E-state index in [4.69, 9.17) is 0 Å². The van der Waals surface area contributed by atoms with Crippen molar-refractivity contribution in [2.75, 3.05) is 44.7 Å². The Bertz CT molecular complexity index is 772. The highest BCUT2D eigenvalue weighted by molar-refractivity contribution is 5.82. The van der Waals surface area contributed by atoms with Crippen LogP contribution in [0.2, 0.25) is 0 Å². The molecule has 0 bridgehead atoms. The number of hydrogen-bond donors (Lipinski definition) is 0. The Kier molecular flexibility index (Phi) is 4.57. The van der Waals surface area contributed by atoms with E-state index in [1.807, 2.05) is 17.0 Å². The summed E-state index contributed by atoms with van der Waals surface area (Å²) in [5.74, 6) is 0.614. The third-order valence-electron chi connectivity index (χ3n) is 4.15. The van der Waals surface area contributed by atoms with Gasteiger partial charge >= 0.3 is 5.97 Å². The first kappa shape index (κ1) is 16.1. The number of rotatable bonds is 4. The number of ether oxygens (including phenoxy) is 1. The number of anilines is 1. The molecular weight excluding hydrogens is 312 g/mol. The lowest BCUT2D eigenvalue weighted by molar-refractivity contribution is -0.384. The van der Waals surface area contributed by atoms with Crippen LogP contribution < -0.4 is 4.90 Å². The van der Waals surface area contributed by atoms with Gasteiger partial charge in [-0.25, -0.2) is 4.98 Å². The summed E-state index contributed by atoms with van der Waals surface area (Å²) in [5, 5.41) is 11.6. The van der Waals surface area contributed by atoms with Crippen molar-refractivity contribution in [2.45, 2.75) is 0 Å². The van der Waals surface area contributed by atoms with E-state index < -0.39 is 4.92 Å². The Morgan fingerprint density at radius 1 is 1.25 bits per heavy atom. The number of fused-ring (bicyclic) bond motifs is 1. The molecular formula is C16H18N4O4. The number of hydrogen-bond acceptors (Lipinski definition) is 7. The van der Waals surface area contributed by atoms with Gasteiger partial charge in [-0.15, -0.1) is 0 Å². The summed E-state index contributed by atoms with van der Waals surface area (Å²) >= 11 is 0. The third kappa shape index (κ3) is 3.43. The maximum Gasteiger partial charge on any atom is 0.319 e. The number of nitro groups is 1. The maximum absolute atomic E-state index is 11.3. The van der Waals surface area contributed by atoms with Gasteiger partial charge in [-0.3, -0.25) is 19.8 Å². The number of aromatic nitrogens is 1. The molecule has 0 N–H and O–H groups in total. The first-order chi connectivity index (χ1) is 11.6. The molecule has 3 rings (SSSR count). The number of non-ortho nitro benzene ring substituents is 1. The predicted octanol–water partition coefficient (Wildman–Crippen LogP) is 1.44. The minimum atomic E-state index is -0.409. The number of methoxy groups -OCH3 is 1. The highest BCUT2D eigenvalue weighted by Crippen LogP contribution is 2.23. The zero-order valence-corrected chi connectivity index (χ0v) is 13.3. The number of pyridine rings is 1. The Morgan fingerprint density at radius 3 is 2.67 bits per heavy atom. The highest BCUT2D eigenvalue weighted by Gasteiger charge is 2.20. The van der Waals surface area contributed by atoms with Crippen LogP contribution in [0.4, 0.5) is 11.5 Å². The summed E-state index contributed by atoms with van der Waals surface area (Å²) < 4.78 is 4.68. The van der Waals surface area contributed by atoms with Crippen LogP contribution in [0.3, 0.4) is 0 Å². The number of piperazine rings is 1. The molecule has 1 aromatic heterocycles. The van der Waals surface area contributed by atoms with Crippen LogP contribution in [0.25, 0.3) is 10.9 Å². The number of benzene rings is 1. The molecule has 1 saturated heterocycles. The smallest absolute Gasteiger partial charge is 0.319 e. The fourth-order valence-electron chi connectivity index (χ4n) is 2.77. The average Bonchev–Trinajstić information content (AvgIpc) is 2.61. The molecule has 2 heterocycles. The molecule has 0 radical (unpaired) electrons. The Morgan fingerprint density at radius 2 is 2.00 bits per heavy atom. The molecule has 1 aliphatic heterocycles. The molecule has 0 spiro atoms. The molecule has 0 amide bonds. The van der Waals surface area contributed by atoms with E-state index in [-0.39, 0.29) is 11.7 Å². The first-order valence-corrected chi connectivity index (χ1v) is 7.66. The molecule has 2 aromatic rings. The van der Waals surface area contributed by atoms with Crippen molar-refractivity contribution in [1.29, 1.82) is 0 Å². The molecule has 8 nitrogen and oxygen atoms in total. The molecule has 0 unspecified atom stereocenters. The first-order valence-electron chi connectivity index (χ1n) is 7.66. The van der Waals surface area contributed by atoms with Gasteiger partial charge in [0.15, 0.2) is 0 Å². The number of nitro benzene ring substituents is 1. The Labute approximate surface area is 138 Å². The number of esters is 1. The quantitative estimate of drug-likeness (QED) is 0.476. The lowest BCUT2D eigenvalue weighted by atomic mass is 10.2. The lowest BCUT2D eigenvalue weighted by Crippen LogP contribution is -2.48. The van der Waals surface area contributed by atoms with Crippen LogP contribution >= 0.6 is 0 Å². The number of carbonyl (C=O) groups excluding carboxylic acids is 1. The highest BCUT2D eigenvalue weighted by atomic mass is 16.6. The molecule has 1 aliphatic rings. The van der Waals surface area contributed by atoms with E-state index in [2.05, 4.69) is 14.6 Å². The van der Waals surface area contributed by atoms with E-state index in [1.165, 1.54) is 19.2 Å². The van der Waals surface area contributed by atoms with Crippen LogP contribution in [0.15, 0.2) is 30.3 Å². The van der Waals surface area contributed by atoms with Crippen LogP contribution in [-0.4, -0.2) is 60.6 Å². The molecule has 0 atom stereocenters. The Hall–Kier alpha value is -2.74. The normalized spacial score (nSPS) is 15.5. The summed E-state index contributed by atoms with van der Waals surface area (Å²) in [4.78, 5) is 30.5. The summed E-state index contributed by atoms with van der Waals surface area (Å²) in [6.07, 6.45) is 0. The second-order valence-corrected chi connectivity index (χ2v) is 5.64. The molecule has 8 heteroatoms.